The minimum Gasteiger partial charge on any atom is -0.367 e. The monoisotopic (exact) mass is 290 g/mol. The standard InChI is InChI=1S/C13H15FN6O/c14-13(12(15)21)3-4-19(5-13)10-9-11(17-6-16-10)20(7-18-9)8-1-2-8/h6-8H,1-5H2,(H2,15,21). The Labute approximate surface area is 120 Å². The number of nitrogens with zero attached hydrogens (tertiary/aromatic N) is 5. The van der Waals surface area contributed by atoms with Gasteiger partial charge < -0.3 is 15.2 Å². The first-order valence-electron chi connectivity index (χ1n) is 7.00. The maximum atomic E-state index is 14.3. The van der Waals surface area contributed by atoms with Gasteiger partial charge in [0.05, 0.1) is 12.9 Å². The summed E-state index contributed by atoms with van der Waals surface area (Å²) in [6.45, 7) is 0.312. The van der Waals surface area contributed by atoms with E-state index in [0.717, 1.165) is 18.5 Å². The van der Waals surface area contributed by atoms with Gasteiger partial charge in [0, 0.05) is 19.0 Å². The fourth-order valence-electron chi connectivity index (χ4n) is 2.85. The maximum Gasteiger partial charge on any atom is 0.257 e. The molecule has 2 aromatic heterocycles. The summed E-state index contributed by atoms with van der Waals surface area (Å²) >= 11 is 0. The summed E-state index contributed by atoms with van der Waals surface area (Å²) in [6, 6.07) is 0.460. The third-order valence-corrected chi connectivity index (χ3v) is 4.24. The molecule has 0 radical (unpaired) electrons. The first kappa shape index (κ1) is 12.5. The molecule has 0 bridgehead atoms. The van der Waals surface area contributed by atoms with Crippen molar-refractivity contribution in [3.63, 3.8) is 0 Å². The predicted molar refractivity (Wildman–Crippen MR) is 73.5 cm³/mol. The smallest absolute Gasteiger partial charge is 0.257 e. The number of hydrogen-bond acceptors (Lipinski definition) is 5. The van der Waals surface area contributed by atoms with Gasteiger partial charge in [0.1, 0.15) is 6.33 Å². The largest absolute Gasteiger partial charge is 0.367 e. The maximum absolute atomic E-state index is 14.3. The van der Waals surface area contributed by atoms with Crippen molar-refractivity contribution in [3.8, 4) is 0 Å². The van der Waals surface area contributed by atoms with Crippen molar-refractivity contribution >= 4 is 22.9 Å². The zero-order valence-corrected chi connectivity index (χ0v) is 11.4. The second-order valence-electron chi connectivity index (χ2n) is 5.75. The zero-order valence-electron chi connectivity index (χ0n) is 11.4. The van der Waals surface area contributed by atoms with Crippen LogP contribution in [0.5, 0.6) is 0 Å². The van der Waals surface area contributed by atoms with Crippen LogP contribution in [0.25, 0.3) is 11.2 Å². The Balaban J connectivity index is 1.73. The normalized spacial score (nSPS) is 25.7. The Morgan fingerprint density at radius 1 is 1.38 bits per heavy atom. The van der Waals surface area contributed by atoms with Crippen LogP contribution in [0.4, 0.5) is 10.2 Å². The summed E-state index contributed by atoms with van der Waals surface area (Å²) < 4.78 is 16.4. The van der Waals surface area contributed by atoms with Crippen molar-refractivity contribution in [2.75, 3.05) is 18.0 Å². The lowest BCUT2D eigenvalue weighted by atomic mass is 10.1. The molecule has 1 amide bonds. The van der Waals surface area contributed by atoms with Crippen LogP contribution in [0, 0.1) is 0 Å². The molecule has 2 N–H and O–H groups in total. The fourth-order valence-corrected chi connectivity index (χ4v) is 2.85. The number of halogens is 1. The van der Waals surface area contributed by atoms with Gasteiger partial charge in [-0.2, -0.15) is 0 Å². The van der Waals surface area contributed by atoms with Gasteiger partial charge in [-0.25, -0.2) is 19.3 Å². The number of imidazole rings is 1. The minimum atomic E-state index is -1.99. The third-order valence-electron chi connectivity index (χ3n) is 4.24. The number of rotatable bonds is 3. The summed E-state index contributed by atoms with van der Waals surface area (Å²) in [4.78, 5) is 25.8. The molecule has 2 fully saturated rings. The van der Waals surface area contributed by atoms with Crippen molar-refractivity contribution in [2.45, 2.75) is 31.0 Å². The number of amides is 1. The highest BCUT2D eigenvalue weighted by molar-refractivity contribution is 5.87. The summed E-state index contributed by atoms with van der Waals surface area (Å²) in [5.74, 6) is -0.348. The lowest BCUT2D eigenvalue weighted by molar-refractivity contribution is -0.128. The van der Waals surface area contributed by atoms with Crippen molar-refractivity contribution < 1.29 is 9.18 Å². The van der Waals surface area contributed by atoms with E-state index in [1.165, 1.54) is 6.33 Å². The van der Waals surface area contributed by atoms with Crippen molar-refractivity contribution in [3.05, 3.63) is 12.7 Å². The van der Waals surface area contributed by atoms with E-state index in [-0.39, 0.29) is 13.0 Å². The Morgan fingerprint density at radius 2 is 2.19 bits per heavy atom. The number of hydrogen-bond donors (Lipinski definition) is 1. The van der Waals surface area contributed by atoms with E-state index >= 15 is 0 Å². The van der Waals surface area contributed by atoms with E-state index in [0.29, 0.717) is 23.9 Å². The van der Waals surface area contributed by atoms with Crippen molar-refractivity contribution in [2.24, 2.45) is 5.73 Å². The molecule has 7 nitrogen and oxygen atoms in total. The van der Waals surface area contributed by atoms with E-state index in [4.69, 9.17) is 5.73 Å². The number of anilines is 1. The molecular formula is C13H15FN6O. The zero-order chi connectivity index (χ0) is 14.6. The molecule has 110 valence electrons. The highest BCUT2D eigenvalue weighted by Crippen LogP contribution is 2.38. The Hall–Kier alpha value is -2.25. The van der Waals surface area contributed by atoms with Crippen LogP contribution < -0.4 is 10.6 Å². The van der Waals surface area contributed by atoms with Crippen molar-refractivity contribution in [1.29, 1.82) is 0 Å². The average Bonchev–Trinajstić information content (AvgIpc) is 3.08. The molecule has 8 heteroatoms. The Bertz CT molecular complexity index is 727. The lowest BCUT2D eigenvalue weighted by Crippen LogP contribution is -2.42. The second-order valence-corrected chi connectivity index (χ2v) is 5.75. The predicted octanol–water partition coefficient (Wildman–Crippen LogP) is 0.565. The summed E-state index contributed by atoms with van der Waals surface area (Å²) in [7, 11) is 0. The van der Waals surface area contributed by atoms with Crippen LogP contribution in [0.3, 0.4) is 0 Å². The topological polar surface area (TPSA) is 89.9 Å². The van der Waals surface area contributed by atoms with Crippen LogP contribution in [0.1, 0.15) is 25.3 Å². The first-order chi connectivity index (χ1) is 10.1. The molecule has 1 atom stereocenters. The van der Waals surface area contributed by atoms with Gasteiger partial charge >= 0.3 is 0 Å². The molecule has 1 unspecified atom stereocenters. The first-order valence-corrected chi connectivity index (χ1v) is 7.00. The highest BCUT2D eigenvalue weighted by Gasteiger charge is 2.44. The van der Waals surface area contributed by atoms with E-state index in [1.54, 1.807) is 11.2 Å². The van der Waals surface area contributed by atoms with E-state index in [2.05, 4.69) is 15.0 Å². The van der Waals surface area contributed by atoms with Gasteiger partial charge in [-0.1, -0.05) is 0 Å². The molecule has 4 rings (SSSR count). The van der Waals surface area contributed by atoms with Crippen LogP contribution in [0.2, 0.25) is 0 Å². The number of nitrogens with two attached hydrogens (primary N) is 1. The number of fused-ring (bicyclic) bond motifs is 1. The molecule has 1 saturated heterocycles. The van der Waals surface area contributed by atoms with Gasteiger partial charge in [0.15, 0.2) is 17.0 Å². The van der Waals surface area contributed by atoms with Gasteiger partial charge in [-0.3, -0.25) is 4.79 Å². The molecule has 1 aliphatic carbocycles. The van der Waals surface area contributed by atoms with Gasteiger partial charge in [-0.15, -0.1) is 0 Å². The number of primary amides is 1. The van der Waals surface area contributed by atoms with E-state index in [1.807, 2.05) is 4.57 Å². The van der Waals surface area contributed by atoms with Gasteiger partial charge in [0.25, 0.3) is 5.91 Å². The molecule has 21 heavy (non-hydrogen) atoms. The number of aromatic nitrogens is 4. The molecule has 3 heterocycles. The SMILES string of the molecule is NC(=O)C1(F)CCN(c2ncnc3c2ncn3C2CC2)C1. The summed E-state index contributed by atoms with van der Waals surface area (Å²) in [5, 5.41) is 0. The number of carbonyl (C=O) groups excluding carboxylic acids is 1. The van der Waals surface area contributed by atoms with Crippen LogP contribution in [-0.4, -0.2) is 44.2 Å². The lowest BCUT2D eigenvalue weighted by Gasteiger charge is -2.19. The third kappa shape index (κ3) is 1.85. The van der Waals surface area contributed by atoms with E-state index < -0.39 is 11.6 Å². The van der Waals surface area contributed by atoms with Gasteiger partial charge in [0.2, 0.25) is 5.67 Å². The highest BCUT2D eigenvalue weighted by atomic mass is 19.1. The van der Waals surface area contributed by atoms with E-state index in [9.17, 15) is 9.18 Å². The molecule has 0 aromatic carbocycles. The second kappa shape index (κ2) is 4.12. The summed E-state index contributed by atoms with van der Waals surface area (Å²) in [6.07, 6.45) is 5.55. The van der Waals surface area contributed by atoms with Crippen LogP contribution >= 0.6 is 0 Å². The molecule has 0 spiro atoms. The minimum absolute atomic E-state index is 0.0786. The Morgan fingerprint density at radius 3 is 2.86 bits per heavy atom. The van der Waals surface area contributed by atoms with Crippen molar-refractivity contribution in [1.82, 2.24) is 19.5 Å². The van der Waals surface area contributed by atoms with Crippen LogP contribution in [0.15, 0.2) is 12.7 Å². The fraction of sp³-hybridized carbons (Fsp3) is 0.538. The number of carbonyl (C=O) groups is 1. The quantitative estimate of drug-likeness (QED) is 0.892. The molecule has 2 aromatic rings. The summed E-state index contributed by atoms with van der Waals surface area (Å²) in [5.41, 5.74) is 4.57. The molecule has 1 aliphatic heterocycles. The van der Waals surface area contributed by atoms with Gasteiger partial charge in [-0.05, 0) is 12.8 Å². The molecule has 2 aliphatic rings. The Kier molecular flexibility index (Phi) is 2.45. The number of alkyl halides is 1. The molecule has 1 saturated carbocycles. The average molecular weight is 290 g/mol. The van der Waals surface area contributed by atoms with Crippen LogP contribution in [-0.2, 0) is 4.79 Å². The molecular weight excluding hydrogens is 275 g/mol.